The summed E-state index contributed by atoms with van der Waals surface area (Å²) in [7, 11) is 0. The van der Waals surface area contributed by atoms with Crippen LogP contribution in [0.15, 0.2) is 29.2 Å². The maximum Gasteiger partial charge on any atom is 0.293 e. The van der Waals surface area contributed by atoms with Crippen molar-refractivity contribution >= 4 is 18.5 Å². The van der Waals surface area contributed by atoms with Gasteiger partial charge >= 0.3 is 0 Å². The molecule has 0 unspecified atom stereocenters. The van der Waals surface area contributed by atoms with Crippen molar-refractivity contribution in [3.05, 3.63) is 29.8 Å². The molecular weight excluding hydrogens is 244 g/mol. The van der Waals surface area contributed by atoms with E-state index in [-0.39, 0.29) is 0 Å². The third-order valence-electron chi connectivity index (χ3n) is 2.15. The van der Waals surface area contributed by atoms with Crippen molar-refractivity contribution in [1.29, 1.82) is 0 Å². The maximum absolute atomic E-state index is 9.93. The minimum Gasteiger partial charge on any atom is -0.468 e. The molecule has 0 amide bonds. The van der Waals surface area contributed by atoms with E-state index >= 15 is 0 Å². The smallest absolute Gasteiger partial charge is 0.293 e. The van der Waals surface area contributed by atoms with Crippen molar-refractivity contribution in [1.82, 2.24) is 0 Å². The molecule has 17 heavy (non-hydrogen) atoms. The number of benzene rings is 1. The molecule has 0 spiro atoms. The third kappa shape index (κ3) is 5.69. The van der Waals surface area contributed by atoms with Crippen LogP contribution in [0.5, 0.6) is 0 Å². The number of hydrogen-bond donors (Lipinski definition) is 1. The second kappa shape index (κ2) is 9.00. The minimum atomic E-state index is 0.440. The number of rotatable bonds is 9. The van der Waals surface area contributed by atoms with Gasteiger partial charge in [-0.15, -0.1) is 4.33 Å². The summed E-state index contributed by atoms with van der Waals surface area (Å²) in [5.74, 6) is 0. The van der Waals surface area contributed by atoms with Crippen LogP contribution in [0.3, 0.4) is 0 Å². The van der Waals surface area contributed by atoms with E-state index in [9.17, 15) is 4.79 Å². The number of hydrogen-bond acceptors (Lipinski definition) is 6. The molecule has 6 heteroatoms. The Morgan fingerprint density at radius 3 is 2.88 bits per heavy atom. The van der Waals surface area contributed by atoms with Crippen LogP contribution >= 0.6 is 12.0 Å². The van der Waals surface area contributed by atoms with Gasteiger partial charge in [0.25, 0.3) is 6.47 Å². The highest BCUT2D eigenvalue weighted by Gasteiger charge is 2.03. The van der Waals surface area contributed by atoms with Gasteiger partial charge in [0.05, 0.1) is 18.6 Å². The first-order chi connectivity index (χ1) is 8.38. The van der Waals surface area contributed by atoms with Gasteiger partial charge in [-0.1, -0.05) is 23.2 Å². The molecule has 0 fully saturated rings. The van der Waals surface area contributed by atoms with Gasteiger partial charge in [-0.2, -0.15) is 0 Å². The van der Waals surface area contributed by atoms with Gasteiger partial charge in [-0.25, -0.2) is 5.26 Å². The van der Waals surface area contributed by atoms with Gasteiger partial charge in [-0.3, -0.25) is 4.79 Å². The summed E-state index contributed by atoms with van der Waals surface area (Å²) in [5, 5.41) is 11.7. The molecular formula is C11H14O5S. The Bertz CT molecular complexity index is 331. The molecule has 0 heterocycles. The molecule has 1 aromatic carbocycles. The molecule has 1 N–H and O–H groups in total. The van der Waals surface area contributed by atoms with E-state index in [1.165, 1.54) is 0 Å². The molecule has 0 aliphatic heterocycles. The van der Waals surface area contributed by atoms with Crippen molar-refractivity contribution in [2.24, 2.45) is 0 Å². The van der Waals surface area contributed by atoms with E-state index < -0.39 is 0 Å². The van der Waals surface area contributed by atoms with Crippen LogP contribution in [0.4, 0.5) is 0 Å². The maximum atomic E-state index is 9.93. The zero-order chi connectivity index (χ0) is 12.3. The fourth-order valence-electron chi connectivity index (χ4n) is 1.39. The van der Waals surface area contributed by atoms with Gasteiger partial charge in [0.15, 0.2) is 0 Å². The van der Waals surface area contributed by atoms with Crippen LogP contribution in [0.2, 0.25) is 0 Å². The topological polar surface area (TPSA) is 65.0 Å². The highest BCUT2D eigenvalue weighted by molar-refractivity contribution is 7.94. The SMILES string of the molecule is O=COCCCCc1ccccc1SOOO. The lowest BCUT2D eigenvalue weighted by Crippen LogP contribution is -1.95. The van der Waals surface area contributed by atoms with Crippen LogP contribution in [-0.2, 0) is 25.3 Å². The first-order valence-corrected chi connectivity index (χ1v) is 5.90. The quantitative estimate of drug-likeness (QED) is 0.241. The predicted octanol–water partition coefficient (Wildman–Crippen LogP) is 2.61. The predicted molar refractivity (Wildman–Crippen MR) is 62.1 cm³/mol. The summed E-state index contributed by atoms with van der Waals surface area (Å²) in [6.07, 6.45) is 2.57. The fourth-order valence-corrected chi connectivity index (χ4v) is 1.91. The highest BCUT2D eigenvalue weighted by atomic mass is 32.2. The molecule has 0 aromatic heterocycles. The van der Waals surface area contributed by atoms with Gasteiger partial charge in [0.1, 0.15) is 0 Å². The van der Waals surface area contributed by atoms with Crippen LogP contribution in [0.25, 0.3) is 0 Å². The zero-order valence-electron chi connectivity index (χ0n) is 9.20. The molecule has 0 saturated carbocycles. The van der Waals surface area contributed by atoms with E-state index in [0.29, 0.717) is 13.1 Å². The Morgan fingerprint density at radius 1 is 1.29 bits per heavy atom. The number of carbonyl (C=O) groups excluding carboxylic acids is 1. The molecule has 0 saturated heterocycles. The molecule has 0 radical (unpaired) electrons. The summed E-state index contributed by atoms with van der Waals surface area (Å²) >= 11 is 0.956. The van der Waals surface area contributed by atoms with E-state index in [1.54, 1.807) is 0 Å². The van der Waals surface area contributed by atoms with Crippen molar-refractivity contribution in [2.75, 3.05) is 6.61 Å². The zero-order valence-corrected chi connectivity index (χ0v) is 10.0. The Hall–Kier alpha value is -1.08. The lowest BCUT2D eigenvalue weighted by molar-refractivity contribution is -0.432. The number of unbranched alkanes of at least 4 members (excludes halogenated alkanes) is 1. The van der Waals surface area contributed by atoms with Crippen LogP contribution in [-0.4, -0.2) is 18.3 Å². The summed E-state index contributed by atoms with van der Waals surface area (Å²) < 4.78 is 9.01. The molecule has 0 aliphatic carbocycles. The van der Waals surface area contributed by atoms with Gasteiger partial charge in [-0.05, 0) is 30.9 Å². The average Bonchev–Trinajstić information content (AvgIpc) is 2.37. The molecule has 0 bridgehead atoms. The first-order valence-electron chi connectivity index (χ1n) is 5.16. The molecule has 5 nitrogen and oxygen atoms in total. The Balaban J connectivity index is 2.37. The Kier molecular flexibility index (Phi) is 7.40. The molecule has 1 rings (SSSR count). The second-order valence-corrected chi connectivity index (χ2v) is 4.00. The summed E-state index contributed by atoms with van der Waals surface area (Å²) in [4.78, 5) is 10.8. The van der Waals surface area contributed by atoms with Gasteiger partial charge < -0.3 is 4.74 Å². The largest absolute Gasteiger partial charge is 0.468 e. The molecule has 0 atom stereocenters. The van der Waals surface area contributed by atoms with Crippen LogP contribution < -0.4 is 0 Å². The average molecular weight is 258 g/mol. The van der Waals surface area contributed by atoms with Crippen LogP contribution in [0, 0.1) is 0 Å². The van der Waals surface area contributed by atoms with E-state index in [4.69, 9.17) is 5.26 Å². The minimum absolute atomic E-state index is 0.440. The van der Waals surface area contributed by atoms with Crippen molar-refractivity contribution < 1.29 is 24.2 Å². The standard InChI is InChI=1S/C11H14O5S/c12-9-14-8-4-3-6-10-5-1-2-7-11(10)17-16-15-13/h1-2,5,7,9,13H,3-4,6,8H2. The fraction of sp³-hybridized carbons (Fsp3) is 0.364. The number of carbonyl (C=O) groups is 1. The summed E-state index contributed by atoms with van der Waals surface area (Å²) in [6.45, 7) is 0.894. The third-order valence-corrected chi connectivity index (χ3v) is 2.86. The van der Waals surface area contributed by atoms with E-state index in [2.05, 4.69) is 14.1 Å². The molecule has 0 aliphatic rings. The van der Waals surface area contributed by atoms with E-state index in [1.807, 2.05) is 24.3 Å². The normalized spacial score (nSPS) is 10.2. The lowest BCUT2D eigenvalue weighted by atomic mass is 10.1. The Morgan fingerprint density at radius 2 is 2.12 bits per heavy atom. The Labute approximate surface area is 104 Å². The first kappa shape index (κ1) is 14.0. The molecule has 94 valence electrons. The lowest BCUT2D eigenvalue weighted by Gasteiger charge is -2.06. The highest BCUT2D eigenvalue weighted by Crippen LogP contribution is 2.24. The second-order valence-electron chi connectivity index (χ2n) is 3.26. The summed E-state index contributed by atoms with van der Waals surface area (Å²) in [6, 6.07) is 7.66. The number of aryl methyl sites for hydroxylation is 1. The van der Waals surface area contributed by atoms with Crippen molar-refractivity contribution in [3.8, 4) is 0 Å². The summed E-state index contributed by atoms with van der Waals surface area (Å²) in [5.41, 5.74) is 1.10. The molecule has 1 aromatic rings. The van der Waals surface area contributed by atoms with Gasteiger partial charge in [0.2, 0.25) is 0 Å². The van der Waals surface area contributed by atoms with Gasteiger partial charge in [0, 0.05) is 4.90 Å². The monoisotopic (exact) mass is 258 g/mol. The number of ether oxygens (including phenoxy) is 1. The van der Waals surface area contributed by atoms with E-state index in [0.717, 1.165) is 41.8 Å². The van der Waals surface area contributed by atoms with Crippen molar-refractivity contribution in [3.63, 3.8) is 0 Å². The van der Waals surface area contributed by atoms with Crippen molar-refractivity contribution in [2.45, 2.75) is 24.2 Å². The van der Waals surface area contributed by atoms with Crippen LogP contribution in [0.1, 0.15) is 18.4 Å².